The molecule has 0 aliphatic carbocycles. The second kappa shape index (κ2) is 6.44. The molecule has 21 heavy (non-hydrogen) atoms. The Morgan fingerprint density at radius 3 is 2.71 bits per heavy atom. The van der Waals surface area contributed by atoms with Gasteiger partial charge in [-0.1, -0.05) is 0 Å². The third-order valence-corrected chi connectivity index (χ3v) is 5.18. The minimum Gasteiger partial charge on any atom is -0.497 e. The topological polar surface area (TPSA) is 81.7 Å². The fourth-order valence-corrected chi connectivity index (χ4v) is 3.81. The summed E-state index contributed by atoms with van der Waals surface area (Å²) in [5, 5.41) is 3.07. The van der Waals surface area contributed by atoms with Crippen molar-refractivity contribution in [1.82, 2.24) is 5.32 Å². The fraction of sp³-hybridized carbons (Fsp3) is 0.500. The van der Waals surface area contributed by atoms with Gasteiger partial charge in [0.15, 0.2) is 15.6 Å². The van der Waals surface area contributed by atoms with Crippen LogP contribution in [-0.4, -0.2) is 52.5 Å². The molecule has 6 nitrogen and oxygen atoms in total. The maximum absolute atomic E-state index is 12.3. The number of hydrogen-bond acceptors (Lipinski definition) is 6. The van der Waals surface area contributed by atoms with E-state index in [1.807, 2.05) is 0 Å². The van der Waals surface area contributed by atoms with Gasteiger partial charge in [0.25, 0.3) is 0 Å². The van der Waals surface area contributed by atoms with Gasteiger partial charge >= 0.3 is 0 Å². The Morgan fingerprint density at radius 2 is 2.10 bits per heavy atom. The van der Waals surface area contributed by atoms with E-state index in [2.05, 4.69) is 5.32 Å². The average Bonchev–Trinajstić information content (AvgIpc) is 2.45. The van der Waals surface area contributed by atoms with Crippen molar-refractivity contribution in [2.75, 3.05) is 32.3 Å². The van der Waals surface area contributed by atoms with Crippen LogP contribution in [0.4, 0.5) is 0 Å². The average molecular weight is 313 g/mol. The zero-order valence-corrected chi connectivity index (χ0v) is 12.9. The zero-order chi connectivity index (χ0) is 15.5. The van der Waals surface area contributed by atoms with Crippen LogP contribution in [-0.2, 0) is 9.84 Å². The van der Waals surface area contributed by atoms with Crippen LogP contribution in [0, 0.1) is 0 Å². The zero-order valence-electron chi connectivity index (χ0n) is 12.1. The van der Waals surface area contributed by atoms with Gasteiger partial charge in [0.05, 0.1) is 31.3 Å². The van der Waals surface area contributed by atoms with Crippen molar-refractivity contribution in [2.45, 2.75) is 12.5 Å². The SMILES string of the molecule is COc1ccc(C(=O)CC2CS(=O)(=O)CCN2)c(OC)c1. The standard InChI is InChI=1S/C14H19NO5S/c1-19-11-3-4-12(14(8-11)20-2)13(16)7-10-9-21(17,18)6-5-15-10/h3-4,8,10,15H,5-7,9H2,1-2H3. The van der Waals surface area contributed by atoms with Crippen molar-refractivity contribution in [1.29, 1.82) is 0 Å². The van der Waals surface area contributed by atoms with Gasteiger partial charge in [-0.2, -0.15) is 0 Å². The molecule has 1 aliphatic rings. The van der Waals surface area contributed by atoms with E-state index in [1.54, 1.807) is 18.2 Å². The first kappa shape index (κ1) is 15.8. The van der Waals surface area contributed by atoms with Crippen LogP contribution in [0.15, 0.2) is 18.2 Å². The Balaban J connectivity index is 2.13. The molecule has 0 radical (unpaired) electrons. The van der Waals surface area contributed by atoms with Crippen LogP contribution in [0.25, 0.3) is 0 Å². The van der Waals surface area contributed by atoms with Gasteiger partial charge in [0.1, 0.15) is 11.5 Å². The molecule has 1 unspecified atom stereocenters. The molecule has 0 aromatic heterocycles. The van der Waals surface area contributed by atoms with Crippen molar-refractivity contribution < 1.29 is 22.7 Å². The number of rotatable bonds is 5. The predicted molar refractivity (Wildman–Crippen MR) is 78.9 cm³/mol. The molecule has 1 fully saturated rings. The van der Waals surface area contributed by atoms with Crippen LogP contribution in [0.5, 0.6) is 11.5 Å². The number of carbonyl (C=O) groups excluding carboxylic acids is 1. The Bertz CT molecular complexity index is 626. The summed E-state index contributed by atoms with van der Waals surface area (Å²) in [6, 6.07) is 4.61. The number of carbonyl (C=O) groups is 1. The molecule has 1 aliphatic heterocycles. The van der Waals surface area contributed by atoms with E-state index >= 15 is 0 Å². The molecule has 0 bridgehead atoms. The highest BCUT2D eigenvalue weighted by molar-refractivity contribution is 7.91. The summed E-state index contributed by atoms with van der Waals surface area (Å²) >= 11 is 0. The highest BCUT2D eigenvalue weighted by Gasteiger charge is 2.27. The summed E-state index contributed by atoms with van der Waals surface area (Å²) in [6.45, 7) is 0.389. The lowest BCUT2D eigenvalue weighted by molar-refractivity contribution is 0.0969. The molecule has 1 aromatic rings. The van der Waals surface area contributed by atoms with Gasteiger partial charge in [-0.25, -0.2) is 8.42 Å². The number of ether oxygens (including phenoxy) is 2. The Kier molecular flexibility index (Phi) is 4.84. The molecule has 1 saturated heterocycles. The van der Waals surface area contributed by atoms with Crippen molar-refractivity contribution in [3.05, 3.63) is 23.8 Å². The number of Topliss-reactive ketones (excluding diaryl/α,β-unsaturated/α-hetero) is 1. The molecule has 0 spiro atoms. The molecule has 1 aromatic carbocycles. The summed E-state index contributed by atoms with van der Waals surface area (Å²) in [5.41, 5.74) is 0.433. The van der Waals surface area contributed by atoms with Gasteiger partial charge < -0.3 is 14.8 Å². The molecule has 7 heteroatoms. The van der Waals surface area contributed by atoms with E-state index in [0.717, 1.165) is 0 Å². The maximum atomic E-state index is 12.3. The van der Waals surface area contributed by atoms with Crippen molar-refractivity contribution in [2.24, 2.45) is 0 Å². The second-order valence-corrected chi connectivity index (χ2v) is 7.19. The van der Waals surface area contributed by atoms with E-state index in [1.165, 1.54) is 14.2 Å². The summed E-state index contributed by atoms with van der Waals surface area (Å²) in [6.07, 6.45) is 0.127. The molecular formula is C14H19NO5S. The van der Waals surface area contributed by atoms with Crippen molar-refractivity contribution >= 4 is 15.6 Å². The first-order chi connectivity index (χ1) is 9.95. The highest BCUT2D eigenvalue weighted by atomic mass is 32.2. The normalized spacial score (nSPS) is 20.8. The number of benzene rings is 1. The van der Waals surface area contributed by atoms with Crippen molar-refractivity contribution in [3.8, 4) is 11.5 Å². The summed E-state index contributed by atoms with van der Waals surface area (Å²) in [7, 11) is -0.0362. The molecule has 116 valence electrons. The lowest BCUT2D eigenvalue weighted by atomic mass is 10.0. The van der Waals surface area contributed by atoms with Crippen LogP contribution in [0.3, 0.4) is 0 Å². The Morgan fingerprint density at radius 1 is 1.33 bits per heavy atom. The smallest absolute Gasteiger partial charge is 0.168 e. The fourth-order valence-electron chi connectivity index (χ4n) is 2.36. The first-order valence-electron chi connectivity index (χ1n) is 6.64. The number of hydrogen-bond donors (Lipinski definition) is 1. The number of ketones is 1. The van der Waals surface area contributed by atoms with Gasteiger partial charge in [-0.3, -0.25) is 4.79 Å². The molecular weight excluding hydrogens is 294 g/mol. The van der Waals surface area contributed by atoms with Gasteiger partial charge in [-0.05, 0) is 12.1 Å². The monoisotopic (exact) mass is 313 g/mol. The second-order valence-electron chi connectivity index (χ2n) is 4.96. The van der Waals surface area contributed by atoms with E-state index in [4.69, 9.17) is 9.47 Å². The number of methoxy groups -OCH3 is 2. The van der Waals surface area contributed by atoms with E-state index in [9.17, 15) is 13.2 Å². The van der Waals surface area contributed by atoms with Gasteiger partial charge in [-0.15, -0.1) is 0 Å². The summed E-state index contributed by atoms with van der Waals surface area (Å²) in [5.74, 6) is 1.00. The van der Waals surface area contributed by atoms with Crippen LogP contribution in [0.1, 0.15) is 16.8 Å². The van der Waals surface area contributed by atoms with Gasteiger partial charge in [0, 0.05) is 25.1 Å². The van der Waals surface area contributed by atoms with E-state index in [0.29, 0.717) is 23.6 Å². The molecule has 0 amide bonds. The highest BCUT2D eigenvalue weighted by Crippen LogP contribution is 2.26. The number of nitrogens with one attached hydrogen (secondary N) is 1. The molecule has 1 N–H and O–H groups in total. The largest absolute Gasteiger partial charge is 0.497 e. The predicted octanol–water partition coefficient (Wildman–Crippen LogP) is 0.663. The lowest BCUT2D eigenvalue weighted by Crippen LogP contribution is -2.46. The summed E-state index contributed by atoms with van der Waals surface area (Å²) < 4.78 is 33.5. The minimum absolute atomic E-state index is 0.00277. The molecule has 0 saturated carbocycles. The first-order valence-corrected chi connectivity index (χ1v) is 8.46. The lowest BCUT2D eigenvalue weighted by Gasteiger charge is -2.23. The Hall–Kier alpha value is -1.60. The minimum atomic E-state index is -3.05. The molecule has 2 rings (SSSR count). The number of sulfone groups is 1. The van der Waals surface area contributed by atoms with E-state index < -0.39 is 9.84 Å². The van der Waals surface area contributed by atoms with Gasteiger partial charge in [0.2, 0.25) is 0 Å². The van der Waals surface area contributed by atoms with Crippen molar-refractivity contribution in [3.63, 3.8) is 0 Å². The molecule has 1 heterocycles. The third-order valence-electron chi connectivity index (χ3n) is 3.44. The Labute approximate surface area is 124 Å². The van der Waals surface area contributed by atoms with E-state index in [-0.39, 0.29) is 29.8 Å². The quantitative estimate of drug-likeness (QED) is 0.804. The van der Waals surface area contributed by atoms with Crippen LogP contribution >= 0.6 is 0 Å². The maximum Gasteiger partial charge on any atom is 0.168 e. The van der Waals surface area contributed by atoms with Crippen LogP contribution in [0.2, 0.25) is 0 Å². The summed E-state index contributed by atoms with van der Waals surface area (Å²) in [4.78, 5) is 12.3. The molecule has 1 atom stereocenters. The third kappa shape index (κ3) is 3.95. The van der Waals surface area contributed by atoms with Crippen LogP contribution < -0.4 is 14.8 Å².